The van der Waals surface area contributed by atoms with Gasteiger partial charge in [0.15, 0.2) is 0 Å². The van der Waals surface area contributed by atoms with Crippen LogP contribution in [0.25, 0.3) is 0 Å². The lowest BCUT2D eigenvalue weighted by Crippen LogP contribution is -2.17. The van der Waals surface area contributed by atoms with Gasteiger partial charge in [-0.25, -0.2) is 0 Å². The van der Waals surface area contributed by atoms with Crippen LogP contribution in [0.1, 0.15) is 18.4 Å². The molecule has 0 aliphatic heterocycles. The molecule has 0 saturated heterocycles. The second-order valence-corrected chi connectivity index (χ2v) is 10.7. The molecular weight excluding hydrogens is 280 g/mol. The van der Waals surface area contributed by atoms with Gasteiger partial charge in [0.1, 0.15) is 26.2 Å². The van der Waals surface area contributed by atoms with Crippen LogP contribution < -0.4 is 4.74 Å². The van der Waals surface area contributed by atoms with Crippen molar-refractivity contribution in [1.82, 2.24) is 0 Å². The fourth-order valence-corrected chi connectivity index (χ4v) is 2.31. The van der Waals surface area contributed by atoms with Crippen LogP contribution in [0.2, 0.25) is 19.6 Å². The van der Waals surface area contributed by atoms with Crippen LogP contribution in [0.4, 0.5) is 0 Å². The highest BCUT2D eigenvalue weighted by Gasteiger charge is 2.09. The van der Waals surface area contributed by atoms with Crippen molar-refractivity contribution >= 4 is 14.4 Å². The predicted molar refractivity (Wildman–Crippen MR) is 88.0 cm³/mol. The molecule has 3 nitrogen and oxygen atoms in total. The van der Waals surface area contributed by atoms with Crippen molar-refractivity contribution in [3.63, 3.8) is 0 Å². The zero-order valence-electron chi connectivity index (χ0n) is 13.3. The van der Waals surface area contributed by atoms with Crippen LogP contribution in [0.3, 0.4) is 0 Å². The monoisotopic (exact) mass is 304 g/mol. The molecule has 0 radical (unpaired) electrons. The molecule has 0 bridgehead atoms. The Balaban J connectivity index is 2.39. The predicted octanol–water partition coefficient (Wildman–Crippen LogP) is 3.44. The van der Waals surface area contributed by atoms with Gasteiger partial charge < -0.3 is 14.3 Å². The summed E-state index contributed by atoms with van der Waals surface area (Å²) in [7, 11) is 0.313. The van der Waals surface area contributed by atoms with Crippen molar-refractivity contribution < 1.29 is 14.3 Å². The maximum atomic E-state index is 11.0. The summed E-state index contributed by atoms with van der Waals surface area (Å²) in [6.07, 6.45) is 1.83. The van der Waals surface area contributed by atoms with Crippen molar-refractivity contribution in [2.75, 3.05) is 7.11 Å². The lowest BCUT2D eigenvalue weighted by atomic mass is 10.2. The van der Waals surface area contributed by atoms with Gasteiger partial charge in [0.25, 0.3) is 0 Å². The largest absolute Gasteiger partial charge is 0.497 e. The van der Waals surface area contributed by atoms with Crippen molar-refractivity contribution in [1.29, 1.82) is 0 Å². The SMILES string of the molecule is COc1ccc(CO[C@H](C=O)CCC#C[Si](C)(C)C)cc1. The van der Waals surface area contributed by atoms with Crippen LogP contribution in [0.5, 0.6) is 5.75 Å². The highest BCUT2D eigenvalue weighted by Crippen LogP contribution is 2.13. The Hall–Kier alpha value is -1.57. The average Bonchev–Trinajstić information content (AvgIpc) is 2.46. The summed E-state index contributed by atoms with van der Waals surface area (Å²) in [5.74, 6) is 3.97. The van der Waals surface area contributed by atoms with Gasteiger partial charge in [-0.1, -0.05) is 31.8 Å². The Labute approximate surface area is 128 Å². The number of ether oxygens (including phenoxy) is 2. The first-order valence-corrected chi connectivity index (χ1v) is 10.6. The Morgan fingerprint density at radius 2 is 1.90 bits per heavy atom. The summed E-state index contributed by atoms with van der Waals surface area (Å²) in [6.45, 7) is 7.04. The molecule has 0 spiro atoms. The first-order chi connectivity index (χ1) is 9.94. The number of benzene rings is 1. The van der Waals surface area contributed by atoms with E-state index in [1.54, 1.807) is 7.11 Å². The first kappa shape index (κ1) is 17.5. The molecule has 0 heterocycles. The van der Waals surface area contributed by atoms with Crippen LogP contribution in [0.15, 0.2) is 24.3 Å². The van der Waals surface area contributed by atoms with E-state index in [9.17, 15) is 4.79 Å². The fraction of sp³-hybridized carbons (Fsp3) is 0.471. The van der Waals surface area contributed by atoms with Gasteiger partial charge in [-0.15, -0.1) is 11.5 Å². The van der Waals surface area contributed by atoms with Gasteiger partial charge in [-0.3, -0.25) is 0 Å². The molecular formula is C17H24O3Si. The molecule has 1 rings (SSSR count). The maximum Gasteiger partial charge on any atom is 0.148 e. The highest BCUT2D eigenvalue weighted by molar-refractivity contribution is 6.83. The van der Waals surface area contributed by atoms with E-state index in [0.29, 0.717) is 19.4 Å². The van der Waals surface area contributed by atoms with E-state index in [2.05, 4.69) is 31.1 Å². The standard InChI is InChI=1S/C17H24O3Si/c1-19-16-10-8-15(9-11-16)14-20-17(13-18)7-5-6-12-21(2,3)4/h8-11,13,17H,5,7,14H2,1-4H3/t17-/m0/s1. The van der Waals surface area contributed by atoms with Crippen molar-refractivity contribution in [2.24, 2.45) is 0 Å². The first-order valence-electron chi connectivity index (χ1n) is 7.14. The summed E-state index contributed by atoms with van der Waals surface area (Å²) in [6, 6.07) is 7.64. The van der Waals surface area contributed by atoms with E-state index in [1.165, 1.54) is 0 Å². The lowest BCUT2D eigenvalue weighted by molar-refractivity contribution is -0.119. The summed E-state index contributed by atoms with van der Waals surface area (Å²) < 4.78 is 10.7. The van der Waals surface area contributed by atoms with Crippen molar-refractivity contribution in [3.05, 3.63) is 29.8 Å². The number of rotatable bonds is 7. The molecule has 21 heavy (non-hydrogen) atoms. The number of aldehydes is 1. The topological polar surface area (TPSA) is 35.5 Å². The van der Waals surface area contributed by atoms with Crippen molar-refractivity contribution in [3.8, 4) is 17.2 Å². The third-order valence-corrected chi connectivity index (χ3v) is 3.72. The molecule has 0 aliphatic rings. The second-order valence-electron chi connectivity index (χ2n) is 5.92. The molecule has 114 valence electrons. The molecule has 0 aliphatic carbocycles. The molecule has 1 aromatic carbocycles. The van der Waals surface area contributed by atoms with Gasteiger partial charge in [0.2, 0.25) is 0 Å². The summed E-state index contributed by atoms with van der Waals surface area (Å²) in [5.41, 5.74) is 4.32. The molecule has 0 unspecified atom stereocenters. The average molecular weight is 304 g/mol. The summed E-state index contributed by atoms with van der Waals surface area (Å²) >= 11 is 0. The van der Waals surface area contributed by atoms with Gasteiger partial charge in [-0.2, -0.15) is 0 Å². The summed E-state index contributed by atoms with van der Waals surface area (Å²) in [5, 5.41) is 0. The normalized spacial score (nSPS) is 12.2. The molecule has 4 heteroatoms. The molecule has 1 atom stereocenters. The molecule has 0 fully saturated rings. The zero-order valence-corrected chi connectivity index (χ0v) is 14.3. The number of carbonyl (C=O) groups is 1. The van der Waals surface area contributed by atoms with Gasteiger partial charge in [-0.05, 0) is 24.1 Å². The quantitative estimate of drug-likeness (QED) is 0.440. The molecule has 0 amide bonds. The van der Waals surface area contributed by atoms with E-state index in [0.717, 1.165) is 17.6 Å². The number of hydrogen-bond donors (Lipinski definition) is 0. The van der Waals surface area contributed by atoms with Crippen LogP contribution in [0, 0.1) is 11.5 Å². The fourth-order valence-electron chi connectivity index (χ4n) is 1.66. The zero-order chi connectivity index (χ0) is 15.7. The minimum Gasteiger partial charge on any atom is -0.497 e. The van der Waals surface area contributed by atoms with Gasteiger partial charge in [0, 0.05) is 6.42 Å². The smallest absolute Gasteiger partial charge is 0.148 e. The van der Waals surface area contributed by atoms with E-state index >= 15 is 0 Å². The third-order valence-electron chi connectivity index (χ3n) is 2.79. The highest BCUT2D eigenvalue weighted by atomic mass is 28.3. The minimum atomic E-state index is -1.32. The number of carbonyl (C=O) groups excluding carboxylic acids is 1. The lowest BCUT2D eigenvalue weighted by Gasteiger charge is -2.11. The Kier molecular flexibility index (Phi) is 7.20. The second kappa shape index (κ2) is 8.66. The van der Waals surface area contributed by atoms with Crippen LogP contribution >= 0.6 is 0 Å². The third kappa shape index (κ3) is 7.69. The van der Waals surface area contributed by atoms with E-state index < -0.39 is 8.07 Å². The summed E-state index contributed by atoms with van der Waals surface area (Å²) in [4.78, 5) is 11.0. The van der Waals surface area contributed by atoms with Crippen LogP contribution in [-0.2, 0) is 16.1 Å². The minimum absolute atomic E-state index is 0.386. The number of hydrogen-bond acceptors (Lipinski definition) is 3. The Morgan fingerprint density at radius 3 is 2.43 bits per heavy atom. The molecule has 1 aromatic rings. The maximum absolute atomic E-state index is 11.0. The molecule has 0 aromatic heterocycles. The van der Waals surface area contributed by atoms with Crippen molar-refractivity contribution in [2.45, 2.75) is 45.2 Å². The number of methoxy groups -OCH3 is 1. The Bertz CT molecular complexity index is 491. The molecule has 0 N–H and O–H groups in total. The van der Waals surface area contributed by atoms with Gasteiger partial charge >= 0.3 is 0 Å². The van der Waals surface area contributed by atoms with Gasteiger partial charge in [0.05, 0.1) is 13.7 Å². The van der Waals surface area contributed by atoms with E-state index in [1.807, 2.05) is 24.3 Å². The molecule has 0 saturated carbocycles. The van der Waals surface area contributed by atoms with E-state index in [-0.39, 0.29) is 6.10 Å². The van der Waals surface area contributed by atoms with Crippen LogP contribution in [-0.4, -0.2) is 27.6 Å². The Morgan fingerprint density at radius 1 is 1.24 bits per heavy atom. The van der Waals surface area contributed by atoms with E-state index in [4.69, 9.17) is 9.47 Å².